The summed E-state index contributed by atoms with van der Waals surface area (Å²) in [4.78, 5) is 4.55. The summed E-state index contributed by atoms with van der Waals surface area (Å²) in [6, 6.07) is 12.8. The molecular weight excluding hydrogens is 218 g/mol. The third kappa shape index (κ3) is 2.61. The van der Waals surface area contributed by atoms with Crippen molar-refractivity contribution in [1.29, 1.82) is 0 Å². The number of aromatic nitrogens is 1. The summed E-state index contributed by atoms with van der Waals surface area (Å²) in [6.07, 6.45) is 4.32. The lowest BCUT2D eigenvalue weighted by Crippen LogP contribution is -1.98. The molecule has 0 amide bonds. The molecule has 0 spiro atoms. The second kappa shape index (κ2) is 5.81. The fourth-order valence-corrected chi connectivity index (χ4v) is 2.50. The maximum Gasteiger partial charge on any atom is 0.0733 e. The van der Waals surface area contributed by atoms with Crippen molar-refractivity contribution < 1.29 is 0 Å². The lowest BCUT2D eigenvalue weighted by molar-refractivity contribution is 0.666. The summed E-state index contributed by atoms with van der Waals surface area (Å²) in [5.41, 5.74) is 5.07. The highest BCUT2D eigenvalue weighted by molar-refractivity contribution is 5.67. The lowest BCUT2D eigenvalue weighted by atomic mass is 9.90. The summed E-state index contributed by atoms with van der Waals surface area (Å²) in [5, 5.41) is 0. The van der Waals surface area contributed by atoms with Gasteiger partial charge >= 0.3 is 0 Å². The number of rotatable bonds is 4. The Morgan fingerprint density at radius 1 is 1.11 bits per heavy atom. The second-order valence-corrected chi connectivity index (χ2v) is 4.95. The van der Waals surface area contributed by atoms with E-state index < -0.39 is 0 Å². The van der Waals surface area contributed by atoms with E-state index in [1.165, 1.54) is 29.5 Å². The van der Waals surface area contributed by atoms with Crippen molar-refractivity contribution in [2.45, 2.75) is 39.5 Å². The zero-order chi connectivity index (χ0) is 13.0. The van der Waals surface area contributed by atoms with Gasteiger partial charge in [-0.25, -0.2) is 0 Å². The van der Waals surface area contributed by atoms with Gasteiger partial charge in [0.1, 0.15) is 0 Å². The van der Waals surface area contributed by atoms with Crippen LogP contribution in [0.2, 0.25) is 0 Å². The number of hydrogen-bond acceptors (Lipinski definition) is 1. The van der Waals surface area contributed by atoms with Crippen molar-refractivity contribution in [1.82, 2.24) is 4.98 Å². The molecule has 1 aromatic heterocycles. The van der Waals surface area contributed by atoms with E-state index in [0.29, 0.717) is 5.92 Å². The first-order chi connectivity index (χ1) is 8.74. The molecular formula is C17H21N. The van der Waals surface area contributed by atoms with Crippen LogP contribution in [0.1, 0.15) is 43.7 Å². The summed E-state index contributed by atoms with van der Waals surface area (Å²) in [6.45, 7) is 6.68. The van der Waals surface area contributed by atoms with E-state index in [1.807, 2.05) is 12.3 Å². The van der Waals surface area contributed by atoms with Crippen LogP contribution < -0.4 is 0 Å². The van der Waals surface area contributed by atoms with Crippen LogP contribution in [0, 0.1) is 6.92 Å². The topological polar surface area (TPSA) is 12.9 Å². The Balaban J connectivity index is 2.48. The largest absolute Gasteiger partial charge is 0.256 e. The summed E-state index contributed by atoms with van der Waals surface area (Å²) >= 11 is 0. The quantitative estimate of drug-likeness (QED) is 0.734. The minimum atomic E-state index is 0.590. The zero-order valence-corrected chi connectivity index (χ0v) is 11.5. The average Bonchev–Trinajstić information content (AvgIpc) is 2.40. The Kier molecular flexibility index (Phi) is 4.14. The van der Waals surface area contributed by atoms with Crippen molar-refractivity contribution in [3.63, 3.8) is 0 Å². The molecule has 0 aliphatic heterocycles. The van der Waals surface area contributed by atoms with Crippen molar-refractivity contribution >= 4 is 0 Å². The molecule has 1 nitrogen and oxygen atoms in total. The third-order valence-electron chi connectivity index (χ3n) is 3.48. The molecule has 2 aromatic rings. The molecule has 0 saturated heterocycles. The normalized spacial score (nSPS) is 12.4. The van der Waals surface area contributed by atoms with Gasteiger partial charge in [-0.05, 0) is 36.5 Å². The van der Waals surface area contributed by atoms with Crippen molar-refractivity contribution in [3.05, 3.63) is 53.7 Å². The second-order valence-electron chi connectivity index (χ2n) is 4.95. The van der Waals surface area contributed by atoms with Crippen LogP contribution >= 0.6 is 0 Å². The van der Waals surface area contributed by atoms with E-state index >= 15 is 0 Å². The molecule has 0 fully saturated rings. The van der Waals surface area contributed by atoms with E-state index in [2.05, 4.69) is 56.1 Å². The van der Waals surface area contributed by atoms with Crippen LogP contribution in [0.5, 0.6) is 0 Å². The maximum atomic E-state index is 4.55. The Hall–Kier alpha value is -1.63. The molecule has 18 heavy (non-hydrogen) atoms. The first-order valence-corrected chi connectivity index (χ1v) is 6.75. The molecule has 0 N–H and O–H groups in total. The van der Waals surface area contributed by atoms with Crippen LogP contribution in [-0.4, -0.2) is 4.98 Å². The van der Waals surface area contributed by atoms with Crippen molar-refractivity contribution in [2.75, 3.05) is 0 Å². The van der Waals surface area contributed by atoms with Gasteiger partial charge in [0.15, 0.2) is 0 Å². The van der Waals surface area contributed by atoms with E-state index in [1.54, 1.807) is 0 Å². The first kappa shape index (κ1) is 12.8. The summed E-state index contributed by atoms with van der Waals surface area (Å²) in [5.74, 6) is 0.590. The molecule has 0 saturated carbocycles. The lowest BCUT2D eigenvalue weighted by Gasteiger charge is -2.16. The Bertz CT molecular complexity index is 517. The van der Waals surface area contributed by atoms with Gasteiger partial charge in [0.05, 0.1) is 5.69 Å². The third-order valence-corrected chi connectivity index (χ3v) is 3.48. The van der Waals surface area contributed by atoms with Crippen LogP contribution in [0.3, 0.4) is 0 Å². The molecule has 1 aromatic carbocycles. The van der Waals surface area contributed by atoms with Gasteiger partial charge in [-0.1, -0.05) is 50.6 Å². The van der Waals surface area contributed by atoms with Crippen LogP contribution in [0.4, 0.5) is 0 Å². The number of aryl methyl sites for hydroxylation is 1. The SMILES string of the molecule is CCCC(C)c1ccccc1-c1ncccc1C. The molecule has 2 rings (SSSR count). The Morgan fingerprint density at radius 2 is 1.89 bits per heavy atom. The van der Waals surface area contributed by atoms with Crippen molar-refractivity contribution in [2.24, 2.45) is 0 Å². The average molecular weight is 239 g/mol. The molecule has 0 radical (unpaired) electrons. The van der Waals surface area contributed by atoms with Gasteiger partial charge in [0.2, 0.25) is 0 Å². The molecule has 0 aliphatic carbocycles. The minimum absolute atomic E-state index is 0.590. The van der Waals surface area contributed by atoms with Gasteiger partial charge in [-0.15, -0.1) is 0 Å². The minimum Gasteiger partial charge on any atom is -0.256 e. The monoisotopic (exact) mass is 239 g/mol. The highest BCUT2D eigenvalue weighted by Gasteiger charge is 2.12. The predicted octanol–water partition coefficient (Wildman–Crippen LogP) is 4.96. The van der Waals surface area contributed by atoms with Gasteiger partial charge in [0, 0.05) is 11.8 Å². The highest BCUT2D eigenvalue weighted by Crippen LogP contribution is 2.31. The smallest absolute Gasteiger partial charge is 0.0733 e. The van der Waals surface area contributed by atoms with Gasteiger partial charge in [0.25, 0.3) is 0 Å². The molecule has 1 heteroatoms. The Labute approximate surface area is 110 Å². The fraction of sp³-hybridized carbons (Fsp3) is 0.353. The van der Waals surface area contributed by atoms with Gasteiger partial charge in [-0.2, -0.15) is 0 Å². The number of benzene rings is 1. The van der Waals surface area contributed by atoms with E-state index in [4.69, 9.17) is 0 Å². The molecule has 1 atom stereocenters. The number of hydrogen-bond donors (Lipinski definition) is 0. The van der Waals surface area contributed by atoms with E-state index in [-0.39, 0.29) is 0 Å². The van der Waals surface area contributed by atoms with Crippen LogP contribution in [0.25, 0.3) is 11.3 Å². The summed E-state index contributed by atoms with van der Waals surface area (Å²) in [7, 11) is 0. The highest BCUT2D eigenvalue weighted by atomic mass is 14.7. The van der Waals surface area contributed by atoms with Crippen molar-refractivity contribution in [3.8, 4) is 11.3 Å². The standard InChI is InChI=1S/C17H21N/c1-4-8-13(2)15-10-5-6-11-16(15)17-14(3)9-7-12-18-17/h5-7,9-13H,4,8H2,1-3H3. The Morgan fingerprint density at radius 3 is 2.61 bits per heavy atom. The van der Waals surface area contributed by atoms with Gasteiger partial charge in [-0.3, -0.25) is 4.98 Å². The maximum absolute atomic E-state index is 4.55. The zero-order valence-electron chi connectivity index (χ0n) is 11.5. The fourth-order valence-electron chi connectivity index (χ4n) is 2.50. The molecule has 1 heterocycles. The molecule has 0 bridgehead atoms. The van der Waals surface area contributed by atoms with Crippen LogP contribution in [-0.2, 0) is 0 Å². The number of nitrogens with zero attached hydrogens (tertiary/aromatic N) is 1. The van der Waals surface area contributed by atoms with E-state index in [9.17, 15) is 0 Å². The van der Waals surface area contributed by atoms with E-state index in [0.717, 1.165) is 5.69 Å². The predicted molar refractivity (Wildman–Crippen MR) is 77.7 cm³/mol. The van der Waals surface area contributed by atoms with Crippen LogP contribution in [0.15, 0.2) is 42.6 Å². The molecule has 1 unspecified atom stereocenters. The summed E-state index contributed by atoms with van der Waals surface area (Å²) < 4.78 is 0. The van der Waals surface area contributed by atoms with Gasteiger partial charge < -0.3 is 0 Å². The molecule has 0 aliphatic rings. The number of pyridine rings is 1. The first-order valence-electron chi connectivity index (χ1n) is 6.75. The molecule has 94 valence electrons.